The summed E-state index contributed by atoms with van der Waals surface area (Å²) in [5.41, 5.74) is 2.43. The van der Waals surface area contributed by atoms with E-state index in [2.05, 4.69) is 22.1 Å². The normalized spacial score (nSPS) is 10.3. The first-order valence-electron chi connectivity index (χ1n) is 5.10. The van der Waals surface area contributed by atoms with Gasteiger partial charge in [-0.3, -0.25) is 4.79 Å². The summed E-state index contributed by atoms with van der Waals surface area (Å²) >= 11 is 3.18. The predicted molar refractivity (Wildman–Crippen MR) is 69.4 cm³/mol. The Hall–Kier alpha value is -1.13. The molecule has 0 saturated heterocycles. The van der Waals surface area contributed by atoms with Crippen LogP contribution in [0.2, 0.25) is 0 Å². The summed E-state index contributed by atoms with van der Waals surface area (Å²) in [7, 11) is 0. The van der Waals surface area contributed by atoms with Crippen molar-refractivity contribution in [2.45, 2.75) is 13.3 Å². The van der Waals surface area contributed by atoms with E-state index >= 15 is 0 Å². The van der Waals surface area contributed by atoms with Crippen molar-refractivity contribution in [1.82, 2.24) is 5.32 Å². The molecule has 16 heavy (non-hydrogen) atoms. The lowest BCUT2D eigenvalue weighted by Gasteiger charge is -2.01. The second-order valence-corrected chi connectivity index (χ2v) is 5.32. The second kappa shape index (κ2) is 5.27. The zero-order chi connectivity index (χ0) is 11.4. The van der Waals surface area contributed by atoms with Crippen molar-refractivity contribution in [2.75, 3.05) is 6.54 Å². The zero-order valence-electron chi connectivity index (χ0n) is 9.03. The Morgan fingerprint density at radius 3 is 2.94 bits per heavy atom. The molecule has 0 spiro atoms. The monoisotopic (exact) mass is 251 g/mol. The van der Waals surface area contributed by atoms with Crippen LogP contribution >= 0.6 is 22.7 Å². The van der Waals surface area contributed by atoms with E-state index in [9.17, 15) is 4.79 Å². The third kappa shape index (κ3) is 2.93. The molecule has 0 aliphatic carbocycles. The van der Waals surface area contributed by atoms with Gasteiger partial charge in [-0.1, -0.05) is 0 Å². The lowest BCUT2D eigenvalue weighted by atomic mass is 10.2. The van der Waals surface area contributed by atoms with E-state index in [-0.39, 0.29) is 5.91 Å². The quantitative estimate of drug-likeness (QED) is 0.889. The maximum Gasteiger partial charge on any atom is 0.261 e. The first kappa shape index (κ1) is 11.4. The van der Waals surface area contributed by atoms with Crippen LogP contribution in [0.25, 0.3) is 0 Å². The molecule has 0 bridgehead atoms. The Kier molecular flexibility index (Phi) is 3.74. The molecule has 0 unspecified atom stereocenters. The Balaban J connectivity index is 1.80. The minimum absolute atomic E-state index is 0.0355. The van der Waals surface area contributed by atoms with Gasteiger partial charge >= 0.3 is 0 Å². The Labute approximate surface area is 103 Å². The minimum Gasteiger partial charge on any atom is -0.351 e. The molecule has 0 atom stereocenters. The van der Waals surface area contributed by atoms with E-state index < -0.39 is 0 Å². The topological polar surface area (TPSA) is 29.1 Å². The van der Waals surface area contributed by atoms with Crippen LogP contribution in [-0.2, 0) is 6.42 Å². The molecular formula is C12H13NOS2. The van der Waals surface area contributed by atoms with E-state index in [1.165, 1.54) is 16.9 Å². The third-order valence-corrected chi connectivity index (χ3v) is 4.01. The van der Waals surface area contributed by atoms with Crippen LogP contribution in [0.5, 0.6) is 0 Å². The third-order valence-electron chi connectivity index (χ3n) is 2.23. The SMILES string of the molecule is Cc1csc(C(=O)NCCc2ccsc2)c1. The molecule has 2 rings (SSSR count). The first-order chi connectivity index (χ1) is 7.75. The Morgan fingerprint density at radius 2 is 2.31 bits per heavy atom. The molecular weight excluding hydrogens is 238 g/mol. The number of carbonyl (C=O) groups is 1. The summed E-state index contributed by atoms with van der Waals surface area (Å²) < 4.78 is 0. The van der Waals surface area contributed by atoms with Gasteiger partial charge in [-0.2, -0.15) is 11.3 Å². The Bertz CT molecular complexity index is 459. The molecule has 0 fully saturated rings. The fraction of sp³-hybridized carbons (Fsp3) is 0.250. The molecule has 0 aliphatic rings. The van der Waals surface area contributed by atoms with Gasteiger partial charge in [0.1, 0.15) is 0 Å². The standard InChI is InChI=1S/C12H13NOS2/c1-9-6-11(16-7-9)12(14)13-4-2-10-3-5-15-8-10/h3,5-8H,2,4H2,1H3,(H,13,14). The van der Waals surface area contributed by atoms with Gasteiger partial charge < -0.3 is 5.32 Å². The van der Waals surface area contributed by atoms with E-state index in [0.29, 0.717) is 6.54 Å². The molecule has 2 nitrogen and oxygen atoms in total. The van der Waals surface area contributed by atoms with E-state index in [4.69, 9.17) is 0 Å². The van der Waals surface area contributed by atoms with Gasteiger partial charge in [0.15, 0.2) is 0 Å². The highest BCUT2D eigenvalue weighted by atomic mass is 32.1. The minimum atomic E-state index is 0.0355. The molecule has 0 saturated carbocycles. The number of aryl methyl sites for hydroxylation is 1. The van der Waals surface area contributed by atoms with Crippen molar-refractivity contribution in [1.29, 1.82) is 0 Å². The van der Waals surface area contributed by atoms with Crippen molar-refractivity contribution < 1.29 is 4.79 Å². The summed E-state index contributed by atoms with van der Waals surface area (Å²) in [5.74, 6) is 0.0355. The lowest BCUT2D eigenvalue weighted by molar-refractivity contribution is 0.0958. The number of hydrogen-bond acceptors (Lipinski definition) is 3. The molecule has 0 radical (unpaired) electrons. The number of nitrogens with one attached hydrogen (secondary N) is 1. The fourth-order valence-electron chi connectivity index (χ4n) is 1.39. The van der Waals surface area contributed by atoms with Gasteiger partial charge in [0.2, 0.25) is 0 Å². The molecule has 4 heteroatoms. The maximum absolute atomic E-state index is 11.7. The molecule has 0 aromatic carbocycles. The van der Waals surface area contributed by atoms with Gasteiger partial charge in [-0.25, -0.2) is 0 Å². The van der Waals surface area contributed by atoms with Crippen molar-refractivity contribution in [2.24, 2.45) is 0 Å². The summed E-state index contributed by atoms with van der Waals surface area (Å²) in [6.45, 7) is 2.70. The summed E-state index contributed by atoms with van der Waals surface area (Å²) in [6, 6.07) is 4.01. The van der Waals surface area contributed by atoms with Crippen LogP contribution in [0.15, 0.2) is 28.3 Å². The number of rotatable bonds is 4. The fourth-order valence-corrected chi connectivity index (χ4v) is 2.91. The van der Waals surface area contributed by atoms with Crippen LogP contribution < -0.4 is 5.32 Å². The second-order valence-electron chi connectivity index (χ2n) is 3.63. The first-order valence-corrected chi connectivity index (χ1v) is 6.92. The largest absolute Gasteiger partial charge is 0.351 e. The zero-order valence-corrected chi connectivity index (χ0v) is 10.7. The highest BCUT2D eigenvalue weighted by Crippen LogP contribution is 2.13. The molecule has 2 heterocycles. The number of carbonyl (C=O) groups excluding carboxylic acids is 1. The van der Waals surface area contributed by atoms with Gasteiger partial charge in [0.25, 0.3) is 5.91 Å². The van der Waals surface area contributed by atoms with Gasteiger partial charge in [0.05, 0.1) is 4.88 Å². The van der Waals surface area contributed by atoms with Crippen molar-refractivity contribution >= 4 is 28.6 Å². The summed E-state index contributed by atoms with van der Waals surface area (Å²) in [5, 5.41) is 9.09. The molecule has 0 aliphatic heterocycles. The Morgan fingerprint density at radius 1 is 1.44 bits per heavy atom. The lowest BCUT2D eigenvalue weighted by Crippen LogP contribution is -2.24. The molecule has 2 aromatic rings. The predicted octanol–water partition coefficient (Wildman–Crippen LogP) is 3.09. The average molecular weight is 251 g/mol. The number of hydrogen-bond donors (Lipinski definition) is 1. The van der Waals surface area contributed by atoms with Crippen LogP contribution in [-0.4, -0.2) is 12.5 Å². The molecule has 1 N–H and O–H groups in total. The maximum atomic E-state index is 11.7. The van der Waals surface area contributed by atoms with Crippen LogP contribution in [0.1, 0.15) is 20.8 Å². The number of thiophene rings is 2. The smallest absolute Gasteiger partial charge is 0.261 e. The van der Waals surface area contributed by atoms with Crippen LogP contribution in [0.4, 0.5) is 0 Å². The van der Waals surface area contributed by atoms with Crippen LogP contribution in [0, 0.1) is 6.92 Å². The highest BCUT2D eigenvalue weighted by molar-refractivity contribution is 7.12. The summed E-state index contributed by atoms with van der Waals surface area (Å²) in [6.07, 6.45) is 0.902. The molecule has 2 aromatic heterocycles. The van der Waals surface area contributed by atoms with Crippen molar-refractivity contribution in [3.05, 3.63) is 44.3 Å². The van der Waals surface area contributed by atoms with Gasteiger partial charge in [-0.05, 0) is 52.7 Å². The van der Waals surface area contributed by atoms with E-state index in [1.54, 1.807) is 11.3 Å². The van der Waals surface area contributed by atoms with E-state index in [1.807, 2.05) is 18.4 Å². The van der Waals surface area contributed by atoms with Crippen molar-refractivity contribution in [3.63, 3.8) is 0 Å². The highest BCUT2D eigenvalue weighted by Gasteiger charge is 2.06. The van der Waals surface area contributed by atoms with Gasteiger partial charge in [-0.15, -0.1) is 11.3 Å². The van der Waals surface area contributed by atoms with Gasteiger partial charge in [0, 0.05) is 6.54 Å². The van der Waals surface area contributed by atoms with Crippen molar-refractivity contribution in [3.8, 4) is 0 Å². The summed E-state index contributed by atoms with van der Waals surface area (Å²) in [4.78, 5) is 12.5. The molecule has 84 valence electrons. The molecule has 1 amide bonds. The number of amides is 1. The van der Waals surface area contributed by atoms with E-state index in [0.717, 1.165) is 16.9 Å². The van der Waals surface area contributed by atoms with Crippen LogP contribution in [0.3, 0.4) is 0 Å². The average Bonchev–Trinajstić information content (AvgIpc) is 2.89.